The lowest BCUT2D eigenvalue weighted by Crippen LogP contribution is -2.25. The molecule has 2 saturated carbocycles. The fourth-order valence-electron chi connectivity index (χ4n) is 5.66. The minimum Gasteiger partial charge on any atom is -0.462 e. The Balaban J connectivity index is 1.41. The third-order valence-corrected chi connectivity index (χ3v) is 7.76. The quantitative estimate of drug-likeness (QED) is 0.312. The maximum absolute atomic E-state index is 12.2. The topological polar surface area (TPSA) is 26.3 Å². The Labute approximate surface area is 178 Å². The zero-order valence-corrected chi connectivity index (χ0v) is 18.8. The van der Waals surface area contributed by atoms with Crippen molar-refractivity contribution >= 4 is 5.97 Å². The number of rotatable bonds is 9. The van der Waals surface area contributed by atoms with E-state index in [1.54, 1.807) is 0 Å². The molecule has 2 nitrogen and oxygen atoms in total. The van der Waals surface area contributed by atoms with E-state index in [1.165, 1.54) is 76.2 Å². The summed E-state index contributed by atoms with van der Waals surface area (Å²) in [6.45, 7) is 5.09. The number of hydrogen-bond donors (Lipinski definition) is 0. The van der Waals surface area contributed by atoms with Crippen LogP contribution in [0, 0.1) is 17.8 Å². The molecule has 3 rings (SSSR count). The zero-order chi connectivity index (χ0) is 20.5. The van der Waals surface area contributed by atoms with E-state index in [0.29, 0.717) is 18.1 Å². The van der Waals surface area contributed by atoms with E-state index in [-0.39, 0.29) is 5.97 Å². The van der Waals surface area contributed by atoms with Crippen molar-refractivity contribution in [3.05, 3.63) is 35.4 Å². The van der Waals surface area contributed by atoms with Crippen LogP contribution in [-0.4, -0.2) is 12.6 Å². The Morgan fingerprint density at radius 3 is 2.03 bits per heavy atom. The third-order valence-electron chi connectivity index (χ3n) is 7.76. The molecule has 0 N–H and O–H groups in total. The number of carbonyl (C=O) groups is 1. The standard InChI is InChI=1S/C27H42O2/c1-3-5-6-7-20-29-27(28)26-18-16-25(17-19-26)24-14-12-23(13-15-24)22-10-8-21(4-2)9-11-22/h16-19,21-24H,3-15,20H2,1-2H3/t21-,22-,23?,24?. The smallest absolute Gasteiger partial charge is 0.338 e. The largest absolute Gasteiger partial charge is 0.462 e. The average molecular weight is 399 g/mol. The maximum Gasteiger partial charge on any atom is 0.338 e. The van der Waals surface area contributed by atoms with Crippen molar-refractivity contribution in [1.29, 1.82) is 0 Å². The molecule has 0 unspecified atom stereocenters. The Hall–Kier alpha value is -1.31. The van der Waals surface area contributed by atoms with Crippen LogP contribution < -0.4 is 0 Å². The summed E-state index contributed by atoms with van der Waals surface area (Å²) in [6.07, 6.45) is 17.2. The molecule has 2 aliphatic rings. The van der Waals surface area contributed by atoms with Crippen LogP contribution in [-0.2, 0) is 4.74 Å². The molecule has 0 aliphatic heterocycles. The van der Waals surface area contributed by atoms with E-state index in [4.69, 9.17) is 4.74 Å². The SMILES string of the molecule is CCCCCCOC(=O)c1ccc(C2CCC([C@H]3CC[C@H](CC)CC3)CC2)cc1. The summed E-state index contributed by atoms with van der Waals surface area (Å²) in [5.41, 5.74) is 2.11. The van der Waals surface area contributed by atoms with Crippen LogP contribution in [0.4, 0.5) is 0 Å². The van der Waals surface area contributed by atoms with Crippen molar-refractivity contribution in [1.82, 2.24) is 0 Å². The first kappa shape index (κ1) is 22.4. The van der Waals surface area contributed by atoms with Crippen molar-refractivity contribution in [2.75, 3.05) is 6.61 Å². The minimum absolute atomic E-state index is 0.167. The monoisotopic (exact) mass is 398 g/mol. The molecule has 1 aromatic carbocycles. The van der Waals surface area contributed by atoms with Crippen molar-refractivity contribution in [2.45, 2.75) is 103 Å². The molecule has 0 atom stereocenters. The second-order valence-corrected chi connectivity index (χ2v) is 9.62. The van der Waals surface area contributed by atoms with Crippen LogP contribution in [0.15, 0.2) is 24.3 Å². The molecule has 29 heavy (non-hydrogen) atoms. The molecular weight excluding hydrogens is 356 g/mol. The molecule has 2 fully saturated rings. The van der Waals surface area contributed by atoms with Crippen LogP contribution in [0.2, 0.25) is 0 Å². The molecule has 0 amide bonds. The number of hydrogen-bond acceptors (Lipinski definition) is 2. The van der Waals surface area contributed by atoms with E-state index in [1.807, 2.05) is 12.1 Å². The normalized spacial score (nSPS) is 27.5. The molecule has 162 valence electrons. The van der Waals surface area contributed by atoms with Gasteiger partial charge in [0.05, 0.1) is 12.2 Å². The van der Waals surface area contributed by atoms with Crippen molar-refractivity contribution < 1.29 is 9.53 Å². The summed E-state index contributed by atoms with van der Waals surface area (Å²) in [5.74, 6) is 3.47. The van der Waals surface area contributed by atoms with Gasteiger partial charge in [-0.05, 0) is 86.3 Å². The number of benzene rings is 1. The lowest BCUT2D eigenvalue weighted by Gasteiger charge is -2.38. The summed E-state index contributed by atoms with van der Waals surface area (Å²) in [7, 11) is 0. The summed E-state index contributed by atoms with van der Waals surface area (Å²) < 4.78 is 5.42. The van der Waals surface area contributed by atoms with Crippen LogP contribution in [0.3, 0.4) is 0 Å². The molecule has 0 spiro atoms. The van der Waals surface area contributed by atoms with Gasteiger partial charge in [-0.1, -0.05) is 64.5 Å². The maximum atomic E-state index is 12.2. The minimum atomic E-state index is -0.167. The van der Waals surface area contributed by atoms with Gasteiger partial charge in [-0.2, -0.15) is 0 Å². The molecule has 0 aromatic heterocycles. The highest BCUT2D eigenvalue weighted by Gasteiger charge is 2.30. The van der Waals surface area contributed by atoms with Gasteiger partial charge in [-0.15, -0.1) is 0 Å². The summed E-state index contributed by atoms with van der Waals surface area (Å²) in [5, 5.41) is 0. The van der Waals surface area contributed by atoms with Crippen LogP contribution in [0.1, 0.15) is 119 Å². The first-order chi connectivity index (χ1) is 14.2. The van der Waals surface area contributed by atoms with Crippen molar-refractivity contribution in [3.63, 3.8) is 0 Å². The van der Waals surface area contributed by atoms with E-state index in [2.05, 4.69) is 26.0 Å². The molecule has 2 aliphatic carbocycles. The van der Waals surface area contributed by atoms with Gasteiger partial charge in [0.1, 0.15) is 0 Å². The lowest BCUT2D eigenvalue weighted by molar-refractivity contribution is 0.0498. The molecule has 2 heteroatoms. The van der Waals surface area contributed by atoms with Crippen molar-refractivity contribution in [2.24, 2.45) is 17.8 Å². The van der Waals surface area contributed by atoms with Crippen LogP contribution in [0.5, 0.6) is 0 Å². The lowest BCUT2D eigenvalue weighted by atomic mass is 9.68. The second-order valence-electron chi connectivity index (χ2n) is 9.62. The Bertz CT molecular complexity index is 589. The van der Waals surface area contributed by atoms with E-state index < -0.39 is 0 Å². The second kappa shape index (κ2) is 11.8. The number of esters is 1. The first-order valence-electron chi connectivity index (χ1n) is 12.5. The van der Waals surface area contributed by atoms with Crippen LogP contribution >= 0.6 is 0 Å². The summed E-state index contributed by atoms with van der Waals surface area (Å²) in [4.78, 5) is 12.2. The number of unbranched alkanes of at least 4 members (excludes halogenated alkanes) is 3. The highest BCUT2D eigenvalue weighted by molar-refractivity contribution is 5.89. The van der Waals surface area contributed by atoms with Gasteiger partial charge in [0.2, 0.25) is 0 Å². The summed E-state index contributed by atoms with van der Waals surface area (Å²) in [6, 6.07) is 8.29. The predicted octanol–water partition coefficient (Wildman–Crippen LogP) is 7.91. The highest BCUT2D eigenvalue weighted by Crippen LogP contribution is 2.44. The van der Waals surface area contributed by atoms with E-state index in [0.717, 1.165) is 30.6 Å². The van der Waals surface area contributed by atoms with Gasteiger partial charge in [-0.25, -0.2) is 4.79 Å². The third kappa shape index (κ3) is 6.59. The number of ether oxygens (including phenoxy) is 1. The fraction of sp³-hybridized carbons (Fsp3) is 0.741. The molecule has 1 aromatic rings. The van der Waals surface area contributed by atoms with Gasteiger partial charge in [0.15, 0.2) is 0 Å². The molecule has 0 radical (unpaired) electrons. The van der Waals surface area contributed by atoms with Gasteiger partial charge in [-0.3, -0.25) is 0 Å². The fourth-order valence-corrected chi connectivity index (χ4v) is 5.66. The van der Waals surface area contributed by atoms with Gasteiger partial charge >= 0.3 is 5.97 Å². The molecule has 0 bridgehead atoms. The van der Waals surface area contributed by atoms with E-state index >= 15 is 0 Å². The van der Waals surface area contributed by atoms with Gasteiger partial charge in [0, 0.05) is 0 Å². The average Bonchev–Trinajstić information content (AvgIpc) is 2.79. The van der Waals surface area contributed by atoms with Gasteiger partial charge < -0.3 is 4.74 Å². The highest BCUT2D eigenvalue weighted by atomic mass is 16.5. The predicted molar refractivity (Wildman–Crippen MR) is 121 cm³/mol. The zero-order valence-electron chi connectivity index (χ0n) is 18.8. The van der Waals surface area contributed by atoms with Crippen molar-refractivity contribution in [3.8, 4) is 0 Å². The Kier molecular flexibility index (Phi) is 9.08. The van der Waals surface area contributed by atoms with Gasteiger partial charge in [0.25, 0.3) is 0 Å². The molecule has 0 heterocycles. The Morgan fingerprint density at radius 2 is 1.45 bits per heavy atom. The molecule has 0 saturated heterocycles. The van der Waals surface area contributed by atoms with E-state index in [9.17, 15) is 4.79 Å². The first-order valence-corrected chi connectivity index (χ1v) is 12.5. The summed E-state index contributed by atoms with van der Waals surface area (Å²) >= 11 is 0. The Morgan fingerprint density at radius 1 is 0.828 bits per heavy atom. The number of carbonyl (C=O) groups excluding carboxylic acids is 1. The van der Waals surface area contributed by atoms with Crippen LogP contribution in [0.25, 0.3) is 0 Å². The molecular formula is C27H42O2.